The summed E-state index contributed by atoms with van der Waals surface area (Å²) in [6.07, 6.45) is 0. The smallest absolute Gasteiger partial charge is 0.377 e. The van der Waals surface area contributed by atoms with E-state index in [2.05, 4.69) is 22.3 Å². The maximum absolute atomic E-state index is 9.71. The summed E-state index contributed by atoms with van der Waals surface area (Å²) in [4.78, 5) is 2.13. The van der Waals surface area contributed by atoms with Crippen LogP contribution in [0.5, 0.6) is 0 Å². The van der Waals surface area contributed by atoms with Crippen LogP contribution in [0, 0.1) is 0 Å². The normalized spacial score (nSPS) is 16.5. The van der Waals surface area contributed by atoms with Crippen LogP contribution in [0.4, 0.5) is 0 Å². The molecule has 1 heterocycles. The van der Waals surface area contributed by atoms with Gasteiger partial charge in [0.25, 0.3) is 0 Å². The Morgan fingerprint density at radius 1 is 1.40 bits per heavy atom. The van der Waals surface area contributed by atoms with Crippen LogP contribution in [-0.4, -0.2) is 36.0 Å². The molecule has 1 aliphatic rings. The van der Waals surface area contributed by atoms with E-state index in [1.54, 1.807) is 0 Å². The van der Waals surface area contributed by atoms with Crippen molar-refractivity contribution in [3.05, 3.63) is 35.9 Å². The van der Waals surface area contributed by atoms with E-state index >= 15 is 0 Å². The lowest BCUT2D eigenvalue weighted by atomic mass is 9.81. The summed E-state index contributed by atoms with van der Waals surface area (Å²) in [5, 5.41) is 12.9. The van der Waals surface area contributed by atoms with Gasteiger partial charge in [-0.1, -0.05) is 30.3 Å². The minimum atomic E-state index is -0.377. The van der Waals surface area contributed by atoms with Gasteiger partial charge in [0, 0.05) is 25.7 Å². The van der Waals surface area contributed by atoms with E-state index in [0.29, 0.717) is 6.04 Å². The highest BCUT2D eigenvalue weighted by Crippen LogP contribution is 2.12. The Labute approximate surface area is 91.2 Å². The Balaban J connectivity index is 2.00. The maximum Gasteiger partial charge on any atom is 0.377 e. The van der Waals surface area contributed by atoms with Crippen molar-refractivity contribution in [3.63, 3.8) is 0 Å². The molecule has 80 valence electrons. The van der Waals surface area contributed by atoms with E-state index in [4.69, 9.17) is 0 Å². The second kappa shape index (κ2) is 4.79. The van der Waals surface area contributed by atoms with E-state index < -0.39 is 0 Å². The molecule has 1 fully saturated rings. The van der Waals surface area contributed by atoms with E-state index in [9.17, 15) is 5.02 Å². The number of hydrogen-bond donors (Lipinski definition) is 2. The van der Waals surface area contributed by atoms with E-state index in [-0.39, 0.29) is 7.05 Å². The van der Waals surface area contributed by atoms with Crippen molar-refractivity contribution in [3.8, 4) is 0 Å². The van der Waals surface area contributed by atoms with E-state index in [1.165, 1.54) is 5.56 Å². The predicted octanol–water partition coefficient (Wildman–Crippen LogP) is 0.571. The average molecular weight is 204 g/mol. The SMILES string of the molecule is CB(O)N(Cc1ccccc1)C1CNC1. The summed E-state index contributed by atoms with van der Waals surface area (Å²) in [6.45, 7) is 4.63. The molecule has 4 heteroatoms. The Hall–Kier alpha value is -0.835. The minimum absolute atomic E-state index is 0.377. The number of nitrogens with zero attached hydrogens (tertiary/aromatic N) is 1. The average Bonchev–Trinajstić information content (AvgIpc) is 2.15. The zero-order valence-electron chi connectivity index (χ0n) is 9.06. The monoisotopic (exact) mass is 204 g/mol. The summed E-state index contributed by atoms with van der Waals surface area (Å²) >= 11 is 0. The fourth-order valence-corrected chi connectivity index (χ4v) is 1.87. The fraction of sp³-hybridized carbons (Fsp3) is 0.455. The fourth-order valence-electron chi connectivity index (χ4n) is 1.87. The first-order valence-corrected chi connectivity index (χ1v) is 5.46. The first-order chi connectivity index (χ1) is 7.27. The lowest BCUT2D eigenvalue weighted by Crippen LogP contribution is -2.60. The lowest BCUT2D eigenvalue weighted by Gasteiger charge is -2.39. The Bertz CT molecular complexity index is 301. The molecular formula is C11H17BN2O. The third kappa shape index (κ3) is 2.59. The van der Waals surface area contributed by atoms with Crippen LogP contribution < -0.4 is 5.32 Å². The molecule has 0 saturated carbocycles. The molecule has 0 aliphatic carbocycles. The molecule has 0 unspecified atom stereocenters. The first-order valence-electron chi connectivity index (χ1n) is 5.46. The van der Waals surface area contributed by atoms with Crippen molar-refractivity contribution in [2.75, 3.05) is 13.1 Å². The largest absolute Gasteiger partial charge is 0.437 e. The molecule has 2 N–H and O–H groups in total. The van der Waals surface area contributed by atoms with Gasteiger partial charge in [0.2, 0.25) is 0 Å². The van der Waals surface area contributed by atoms with Gasteiger partial charge in [-0.05, 0) is 12.4 Å². The molecule has 0 amide bonds. The number of nitrogens with one attached hydrogen (secondary N) is 1. The molecule has 3 nitrogen and oxygen atoms in total. The molecular weight excluding hydrogens is 187 g/mol. The van der Waals surface area contributed by atoms with Crippen LogP contribution in [0.2, 0.25) is 6.82 Å². The quantitative estimate of drug-likeness (QED) is 0.704. The summed E-state index contributed by atoms with van der Waals surface area (Å²) < 4.78 is 0. The molecule has 0 atom stereocenters. The van der Waals surface area contributed by atoms with Crippen LogP contribution in [0.3, 0.4) is 0 Å². The molecule has 0 bridgehead atoms. The highest BCUT2D eigenvalue weighted by Gasteiger charge is 2.29. The van der Waals surface area contributed by atoms with Gasteiger partial charge in [0.1, 0.15) is 0 Å². The maximum atomic E-state index is 9.71. The molecule has 0 radical (unpaired) electrons. The van der Waals surface area contributed by atoms with E-state index in [0.717, 1.165) is 19.6 Å². The van der Waals surface area contributed by atoms with Crippen LogP contribution in [0.15, 0.2) is 30.3 Å². The van der Waals surface area contributed by atoms with Gasteiger partial charge < -0.3 is 15.2 Å². The highest BCUT2D eigenvalue weighted by molar-refractivity contribution is 6.45. The van der Waals surface area contributed by atoms with E-state index in [1.807, 2.05) is 25.0 Å². The molecule has 2 rings (SSSR count). The van der Waals surface area contributed by atoms with Gasteiger partial charge in [-0.2, -0.15) is 0 Å². The predicted molar refractivity (Wildman–Crippen MR) is 62.5 cm³/mol. The molecule has 15 heavy (non-hydrogen) atoms. The summed E-state index contributed by atoms with van der Waals surface area (Å²) in [7, 11) is -0.377. The summed E-state index contributed by atoms with van der Waals surface area (Å²) in [5.41, 5.74) is 1.25. The van der Waals surface area contributed by atoms with Crippen molar-refractivity contribution in [2.45, 2.75) is 19.4 Å². The Morgan fingerprint density at radius 2 is 2.07 bits per heavy atom. The van der Waals surface area contributed by atoms with Crippen molar-refractivity contribution in [2.24, 2.45) is 0 Å². The van der Waals surface area contributed by atoms with Crippen LogP contribution in [0.25, 0.3) is 0 Å². The first kappa shape index (κ1) is 10.7. The van der Waals surface area contributed by atoms with Crippen LogP contribution in [0.1, 0.15) is 5.56 Å². The zero-order chi connectivity index (χ0) is 10.7. The van der Waals surface area contributed by atoms with Gasteiger partial charge >= 0.3 is 7.05 Å². The second-order valence-corrected chi connectivity index (χ2v) is 4.10. The highest BCUT2D eigenvalue weighted by atomic mass is 16.2. The van der Waals surface area contributed by atoms with Crippen molar-refractivity contribution >= 4 is 7.05 Å². The zero-order valence-corrected chi connectivity index (χ0v) is 9.06. The molecule has 1 aliphatic heterocycles. The molecule has 1 saturated heterocycles. The van der Waals surface area contributed by atoms with Crippen molar-refractivity contribution in [1.82, 2.24) is 10.1 Å². The Kier molecular flexibility index (Phi) is 3.41. The van der Waals surface area contributed by atoms with Gasteiger partial charge in [0.05, 0.1) is 0 Å². The second-order valence-electron chi connectivity index (χ2n) is 4.10. The van der Waals surface area contributed by atoms with Gasteiger partial charge in [-0.25, -0.2) is 0 Å². The van der Waals surface area contributed by atoms with Crippen LogP contribution >= 0.6 is 0 Å². The summed E-state index contributed by atoms with van der Waals surface area (Å²) in [6, 6.07) is 10.8. The summed E-state index contributed by atoms with van der Waals surface area (Å²) in [5.74, 6) is 0. The van der Waals surface area contributed by atoms with Gasteiger partial charge in [-0.15, -0.1) is 0 Å². The molecule has 1 aromatic rings. The van der Waals surface area contributed by atoms with Crippen molar-refractivity contribution < 1.29 is 5.02 Å². The third-order valence-corrected chi connectivity index (χ3v) is 2.92. The lowest BCUT2D eigenvalue weighted by molar-refractivity contribution is 0.211. The third-order valence-electron chi connectivity index (χ3n) is 2.92. The number of rotatable bonds is 4. The Morgan fingerprint density at radius 3 is 2.53 bits per heavy atom. The number of hydrogen-bond acceptors (Lipinski definition) is 3. The molecule has 0 aromatic heterocycles. The van der Waals surface area contributed by atoms with Crippen LogP contribution in [-0.2, 0) is 6.54 Å². The van der Waals surface area contributed by atoms with Gasteiger partial charge in [-0.3, -0.25) is 0 Å². The van der Waals surface area contributed by atoms with Crippen molar-refractivity contribution in [1.29, 1.82) is 0 Å². The minimum Gasteiger partial charge on any atom is -0.437 e. The standard InChI is InChI=1S/C11H17BN2O/c1-12(15)14(11-7-13-8-11)9-10-5-3-2-4-6-10/h2-6,11,13,15H,7-9H2,1H3. The number of benzene rings is 1. The topological polar surface area (TPSA) is 35.5 Å². The molecule has 0 spiro atoms. The van der Waals surface area contributed by atoms with Gasteiger partial charge in [0.15, 0.2) is 0 Å². The molecule has 1 aromatic carbocycles.